The molecule has 9 aromatic rings. The number of hydrogen-bond donors (Lipinski definition) is 0. The van der Waals surface area contributed by atoms with Gasteiger partial charge in [0.25, 0.3) is 0 Å². The van der Waals surface area contributed by atoms with Gasteiger partial charge in [-0.25, -0.2) is 9.97 Å². The Kier molecular flexibility index (Phi) is 5.82. The molecule has 0 bridgehead atoms. The fourth-order valence-corrected chi connectivity index (χ4v) is 6.42. The second kappa shape index (κ2) is 10.3. The molecule has 0 spiro atoms. The minimum absolute atomic E-state index is 0.694. The Hall–Kier alpha value is -6.06. The van der Waals surface area contributed by atoms with E-state index in [1.807, 2.05) is 18.2 Å². The van der Waals surface area contributed by atoms with Gasteiger partial charge in [-0.15, -0.1) is 0 Å². The Balaban J connectivity index is 1.24. The molecule has 0 aliphatic heterocycles. The SMILES string of the molecule is c1ccc(-c2nc(-c3ccc4ccccc4c3)cc(-c3ccc4c(c3)oc3c5ccccc5c(-c5ccccc5)cc43)n2)cc1. The summed E-state index contributed by atoms with van der Waals surface area (Å²) < 4.78 is 6.65. The zero-order valence-corrected chi connectivity index (χ0v) is 24.3. The van der Waals surface area contributed by atoms with Crippen molar-refractivity contribution >= 4 is 43.5 Å². The van der Waals surface area contributed by atoms with E-state index in [9.17, 15) is 0 Å². The number of rotatable bonds is 4. The molecule has 0 N–H and O–H groups in total. The molecule has 0 aliphatic carbocycles. The average Bonchev–Trinajstić information content (AvgIpc) is 3.50. The molecule has 0 atom stereocenters. The van der Waals surface area contributed by atoms with E-state index in [2.05, 4.69) is 140 Å². The Morgan fingerprint density at radius 1 is 0.378 bits per heavy atom. The molecule has 0 saturated heterocycles. The quantitative estimate of drug-likeness (QED) is 0.210. The van der Waals surface area contributed by atoms with Gasteiger partial charge < -0.3 is 4.42 Å². The van der Waals surface area contributed by atoms with Crippen LogP contribution in [-0.4, -0.2) is 9.97 Å². The van der Waals surface area contributed by atoms with Gasteiger partial charge in [-0.1, -0.05) is 127 Å². The van der Waals surface area contributed by atoms with Gasteiger partial charge in [0, 0.05) is 32.8 Å². The van der Waals surface area contributed by atoms with Crippen LogP contribution in [0.5, 0.6) is 0 Å². The molecule has 0 aliphatic rings. The van der Waals surface area contributed by atoms with Crippen LogP contribution in [0.2, 0.25) is 0 Å². The van der Waals surface area contributed by atoms with E-state index in [0.29, 0.717) is 5.82 Å². The third-order valence-corrected chi connectivity index (χ3v) is 8.66. The lowest BCUT2D eigenvalue weighted by Crippen LogP contribution is -1.96. The van der Waals surface area contributed by atoms with E-state index in [4.69, 9.17) is 14.4 Å². The lowest BCUT2D eigenvalue weighted by molar-refractivity contribution is 0.673. The van der Waals surface area contributed by atoms with Gasteiger partial charge in [0.05, 0.1) is 11.4 Å². The van der Waals surface area contributed by atoms with Crippen LogP contribution in [0.3, 0.4) is 0 Å². The van der Waals surface area contributed by atoms with Crippen LogP contribution < -0.4 is 0 Å². The van der Waals surface area contributed by atoms with Crippen LogP contribution in [0, 0.1) is 0 Å². The smallest absolute Gasteiger partial charge is 0.160 e. The van der Waals surface area contributed by atoms with E-state index in [1.54, 1.807) is 0 Å². The van der Waals surface area contributed by atoms with Crippen molar-refractivity contribution in [2.24, 2.45) is 0 Å². The molecule has 2 aromatic heterocycles. The lowest BCUT2D eigenvalue weighted by Gasteiger charge is -2.10. The second-order valence-electron chi connectivity index (χ2n) is 11.4. The van der Waals surface area contributed by atoms with E-state index < -0.39 is 0 Å². The second-order valence-corrected chi connectivity index (χ2v) is 11.4. The number of furan rings is 1. The Labute approximate surface area is 260 Å². The summed E-state index contributed by atoms with van der Waals surface area (Å²) >= 11 is 0. The van der Waals surface area contributed by atoms with E-state index in [-0.39, 0.29) is 0 Å². The largest absolute Gasteiger partial charge is 0.455 e. The van der Waals surface area contributed by atoms with Crippen molar-refractivity contribution in [3.63, 3.8) is 0 Å². The summed E-state index contributed by atoms with van der Waals surface area (Å²) in [6, 6.07) is 54.9. The molecule has 45 heavy (non-hydrogen) atoms. The van der Waals surface area contributed by atoms with Crippen LogP contribution in [0.25, 0.3) is 88.5 Å². The topological polar surface area (TPSA) is 38.9 Å². The predicted molar refractivity (Wildman–Crippen MR) is 186 cm³/mol. The minimum atomic E-state index is 0.694. The average molecular weight is 575 g/mol. The molecule has 0 radical (unpaired) electrons. The number of hydrogen-bond acceptors (Lipinski definition) is 3. The van der Waals surface area contributed by atoms with Crippen molar-refractivity contribution in [3.8, 4) is 45.0 Å². The molecule has 210 valence electrons. The fraction of sp³-hybridized carbons (Fsp3) is 0. The Morgan fingerprint density at radius 2 is 1.00 bits per heavy atom. The first-order valence-corrected chi connectivity index (χ1v) is 15.2. The highest BCUT2D eigenvalue weighted by Gasteiger charge is 2.17. The molecule has 3 heteroatoms. The monoisotopic (exact) mass is 574 g/mol. The maximum absolute atomic E-state index is 6.65. The van der Waals surface area contributed by atoms with Gasteiger partial charge >= 0.3 is 0 Å². The number of nitrogens with zero attached hydrogens (tertiary/aromatic N) is 2. The number of benzene rings is 7. The molecule has 0 fully saturated rings. The molecule has 3 nitrogen and oxygen atoms in total. The van der Waals surface area contributed by atoms with E-state index in [0.717, 1.165) is 55.4 Å². The van der Waals surface area contributed by atoms with Crippen LogP contribution in [0.4, 0.5) is 0 Å². The summed E-state index contributed by atoms with van der Waals surface area (Å²) in [6.07, 6.45) is 0. The molecule has 0 unspecified atom stereocenters. The summed E-state index contributed by atoms with van der Waals surface area (Å²) in [4.78, 5) is 10.1. The van der Waals surface area contributed by atoms with Gasteiger partial charge in [0.1, 0.15) is 11.2 Å². The summed E-state index contributed by atoms with van der Waals surface area (Å²) in [5.74, 6) is 0.694. The van der Waals surface area contributed by atoms with Gasteiger partial charge in [-0.2, -0.15) is 0 Å². The molecular formula is C42H26N2O. The Morgan fingerprint density at radius 3 is 1.78 bits per heavy atom. The first kappa shape index (κ1) is 25.4. The van der Waals surface area contributed by atoms with Crippen molar-refractivity contribution in [2.75, 3.05) is 0 Å². The van der Waals surface area contributed by atoms with Crippen LogP contribution in [0.15, 0.2) is 162 Å². The first-order chi connectivity index (χ1) is 22.3. The highest BCUT2D eigenvalue weighted by Crippen LogP contribution is 2.41. The van der Waals surface area contributed by atoms with Crippen molar-refractivity contribution in [1.29, 1.82) is 0 Å². The molecule has 9 rings (SSSR count). The molecule has 2 heterocycles. The Bertz CT molecular complexity index is 2530. The van der Waals surface area contributed by atoms with Gasteiger partial charge in [0.2, 0.25) is 0 Å². The minimum Gasteiger partial charge on any atom is -0.455 e. The molecule has 0 amide bonds. The van der Waals surface area contributed by atoms with Crippen molar-refractivity contribution in [2.45, 2.75) is 0 Å². The zero-order valence-electron chi connectivity index (χ0n) is 24.3. The van der Waals surface area contributed by atoms with Gasteiger partial charge in [-0.3, -0.25) is 0 Å². The van der Waals surface area contributed by atoms with Crippen molar-refractivity contribution in [3.05, 3.63) is 158 Å². The highest BCUT2D eigenvalue weighted by atomic mass is 16.3. The third kappa shape index (κ3) is 4.37. The van der Waals surface area contributed by atoms with Crippen molar-refractivity contribution in [1.82, 2.24) is 9.97 Å². The van der Waals surface area contributed by atoms with Gasteiger partial charge in [-0.05, 0) is 57.6 Å². The van der Waals surface area contributed by atoms with E-state index in [1.165, 1.54) is 27.3 Å². The summed E-state index contributed by atoms with van der Waals surface area (Å²) in [5.41, 5.74) is 8.89. The maximum Gasteiger partial charge on any atom is 0.160 e. The fourth-order valence-electron chi connectivity index (χ4n) is 6.42. The highest BCUT2D eigenvalue weighted by molar-refractivity contribution is 6.19. The molecular weight excluding hydrogens is 548 g/mol. The zero-order chi connectivity index (χ0) is 29.7. The van der Waals surface area contributed by atoms with Gasteiger partial charge in [0.15, 0.2) is 5.82 Å². The summed E-state index contributed by atoms with van der Waals surface area (Å²) in [6.45, 7) is 0. The van der Waals surface area contributed by atoms with Crippen LogP contribution in [0.1, 0.15) is 0 Å². The summed E-state index contributed by atoms with van der Waals surface area (Å²) in [5, 5.41) is 6.87. The summed E-state index contributed by atoms with van der Waals surface area (Å²) in [7, 11) is 0. The predicted octanol–water partition coefficient (Wildman–Crippen LogP) is 11.4. The normalized spacial score (nSPS) is 11.6. The maximum atomic E-state index is 6.65. The van der Waals surface area contributed by atoms with Crippen LogP contribution >= 0.6 is 0 Å². The number of aromatic nitrogens is 2. The van der Waals surface area contributed by atoms with Crippen molar-refractivity contribution < 1.29 is 4.42 Å². The van der Waals surface area contributed by atoms with E-state index >= 15 is 0 Å². The first-order valence-electron chi connectivity index (χ1n) is 15.2. The molecule has 0 saturated carbocycles. The van der Waals surface area contributed by atoms with Crippen LogP contribution in [-0.2, 0) is 0 Å². The third-order valence-electron chi connectivity index (χ3n) is 8.66. The molecule has 7 aromatic carbocycles. The lowest BCUT2D eigenvalue weighted by atomic mass is 9.95. The standard InChI is InChI=1S/C42H26N2O/c1-3-12-28(13-4-1)36-25-37-34-22-21-32(24-40(34)45-41(37)35-18-10-9-17-33(35)36)39-26-38(43-42(44-39)29-14-5-2-6-15-29)31-20-19-27-11-7-8-16-30(27)23-31/h1-26H. The number of fused-ring (bicyclic) bond motifs is 6.